The Morgan fingerprint density at radius 2 is 1.90 bits per heavy atom. The molecule has 3 fully saturated rings. The van der Waals surface area contributed by atoms with Crippen LogP contribution in [0.4, 0.5) is 5.82 Å². The maximum absolute atomic E-state index is 14.8. The highest BCUT2D eigenvalue weighted by Gasteiger charge is 2.62. The summed E-state index contributed by atoms with van der Waals surface area (Å²) in [7, 11) is -2.26. The average molecular weight is 842 g/mol. The Hall–Kier alpha value is -5.09. The molecule has 59 heavy (non-hydrogen) atoms. The van der Waals surface area contributed by atoms with Gasteiger partial charge in [0.25, 0.3) is 5.91 Å². The molecule has 1 saturated heterocycles. The van der Waals surface area contributed by atoms with E-state index < -0.39 is 56.7 Å². The van der Waals surface area contributed by atoms with E-state index in [0.29, 0.717) is 42.4 Å². The standard InChI is InChI=1S/C43H51N7O7S2/c1-25(2)34-24-58-40(47-34)33-21-31-26(3)36(56-4)18-17-30(31)39(46-33)57-28-20-35-38(51)48-43(42(53)49-59(54,55)29-15-16-29)22-27(43)12-8-6-5-7-9-13-32(41(52)50(35)23-28)45-37-14-10-11-19-44-37/h8,10-12,14,17-19,21,24-25,27-29,32,35H,5-7,9,13,15-16,20,22-23H2,1-4H3,(H,44,45)(H,48,51)(H,49,53)/b12-8-/t27-,28-,32+,35+,43-/m1/s1. The van der Waals surface area contributed by atoms with Crippen LogP contribution in [0.25, 0.3) is 21.5 Å². The van der Waals surface area contributed by atoms with Gasteiger partial charge in [-0.2, -0.15) is 0 Å². The summed E-state index contributed by atoms with van der Waals surface area (Å²) in [6.45, 7) is 6.22. The van der Waals surface area contributed by atoms with Gasteiger partial charge in [0.2, 0.25) is 27.7 Å². The highest BCUT2D eigenvalue weighted by molar-refractivity contribution is 7.91. The Labute approximate surface area is 348 Å². The van der Waals surface area contributed by atoms with E-state index in [9.17, 15) is 22.8 Å². The molecule has 8 rings (SSSR count). The molecule has 2 aliphatic heterocycles. The molecule has 4 aliphatic rings. The number of nitrogens with zero attached hydrogens (tertiary/aromatic N) is 4. The smallest absolute Gasteiger partial charge is 0.259 e. The van der Waals surface area contributed by atoms with Gasteiger partial charge < -0.3 is 25.0 Å². The molecule has 0 unspecified atom stereocenters. The molecule has 0 bridgehead atoms. The second kappa shape index (κ2) is 16.5. The maximum Gasteiger partial charge on any atom is 0.259 e. The number of aryl methyl sites for hydroxylation is 1. The monoisotopic (exact) mass is 841 g/mol. The van der Waals surface area contributed by atoms with Gasteiger partial charge in [0.1, 0.15) is 46.0 Å². The number of methoxy groups -OCH3 is 1. The highest BCUT2D eigenvalue weighted by Crippen LogP contribution is 2.46. The van der Waals surface area contributed by atoms with Crippen LogP contribution in [0.2, 0.25) is 0 Å². The molecule has 4 aromatic rings. The number of carbonyl (C=O) groups is 3. The first-order valence-corrected chi connectivity index (χ1v) is 22.9. The van der Waals surface area contributed by atoms with E-state index in [-0.39, 0.29) is 31.2 Å². The van der Waals surface area contributed by atoms with Gasteiger partial charge in [-0.3, -0.25) is 19.1 Å². The SMILES string of the molecule is COc1ccc2c(O[C@@H]3C[C@H]4C(=O)N[C@]5(C(=O)NS(=O)(=O)C6CC6)C[C@H]5/C=C\CCCCC[C@H](Nc5ccccn5)C(=O)N4C3)nc(-c3nc(C(C)C)cs3)cc2c1C. The van der Waals surface area contributed by atoms with Crippen LogP contribution in [0.15, 0.2) is 60.1 Å². The second-order valence-corrected chi connectivity index (χ2v) is 19.3. The van der Waals surface area contributed by atoms with Crippen molar-refractivity contribution in [2.75, 3.05) is 19.0 Å². The Morgan fingerprint density at radius 1 is 1.07 bits per heavy atom. The van der Waals surface area contributed by atoms with Crippen LogP contribution >= 0.6 is 11.3 Å². The molecule has 14 nitrogen and oxygen atoms in total. The first kappa shape index (κ1) is 40.7. The van der Waals surface area contributed by atoms with Crippen molar-refractivity contribution in [3.8, 4) is 22.3 Å². The number of anilines is 1. The minimum atomic E-state index is -3.88. The number of aromatic nitrogens is 3. The number of hydrogen-bond acceptors (Lipinski definition) is 12. The van der Waals surface area contributed by atoms with Crippen molar-refractivity contribution in [1.29, 1.82) is 0 Å². The van der Waals surface area contributed by atoms with Gasteiger partial charge in [-0.05, 0) is 92.6 Å². The number of nitrogens with one attached hydrogen (secondary N) is 3. The summed E-state index contributed by atoms with van der Waals surface area (Å²) < 4.78 is 40.6. The number of fused-ring (bicyclic) bond motifs is 3. The van der Waals surface area contributed by atoms with Crippen LogP contribution in [-0.2, 0) is 24.4 Å². The zero-order valence-electron chi connectivity index (χ0n) is 33.8. The zero-order chi connectivity index (χ0) is 41.5. The lowest BCUT2D eigenvalue weighted by atomic mass is 10.0. The molecule has 5 atom stereocenters. The molecule has 3 N–H and O–H groups in total. The van der Waals surface area contributed by atoms with Crippen molar-refractivity contribution in [2.45, 2.75) is 113 Å². The predicted molar refractivity (Wildman–Crippen MR) is 226 cm³/mol. The molecule has 2 saturated carbocycles. The number of amides is 3. The number of thiazole rings is 1. The Bertz CT molecular complexity index is 2380. The normalized spacial score (nSPS) is 25.6. The fraction of sp³-hybridized carbons (Fsp3) is 0.488. The summed E-state index contributed by atoms with van der Waals surface area (Å²) in [5, 5.41) is 10.1. The van der Waals surface area contributed by atoms with Gasteiger partial charge in [0.15, 0.2) is 0 Å². The average Bonchev–Trinajstić information content (AvgIpc) is 4.09. The molecule has 1 aromatic carbocycles. The molecule has 312 valence electrons. The summed E-state index contributed by atoms with van der Waals surface area (Å²) in [5.41, 5.74) is 1.01. The van der Waals surface area contributed by atoms with E-state index in [1.54, 1.807) is 25.4 Å². The summed E-state index contributed by atoms with van der Waals surface area (Å²) in [6.07, 6.45) is 9.94. The van der Waals surface area contributed by atoms with Gasteiger partial charge in [0.05, 0.1) is 24.6 Å². The van der Waals surface area contributed by atoms with E-state index >= 15 is 0 Å². The van der Waals surface area contributed by atoms with Crippen LogP contribution in [0, 0.1) is 12.8 Å². The van der Waals surface area contributed by atoms with Crippen molar-refractivity contribution in [3.63, 3.8) is 0 Å². The summed E-state index contributed by atoms with van der Waals surface area (Å²) in [4.78, 5) is 59.1. The molecule has 3 amide bonds. The van der Waals surface area contributed by atoms with Crippen molar-refractivity contribution in [2.24, 2.45) is 5.92 Å². The van der Waals surface area contributed by atoms with Crippen molar-refractivity contribution >= 4 is 55.7 Å². The molecule has 16 heteroatoms. The molecule has 5 heterocycles. The Morgan fingerprint density at radius 3 is 2.63 bits per heavy atom. The first-order chi connectivity index (χ1) is 28.4. The molecule has 0 radical (unpaired) electrons. The van der Waals surface area contributed by atoms with Gasteiger partial charge in [0, 0.05) is 29.3 Å². The lowest BCUT2D eigenvalue weighted by Crippen LogP contribution is -2.57. The third-order valence-corrected chi connectivity index (χ3v) is 14.6. The van der Waals surface area contributed by atoms with E-state index in [2.05, 4.69) is 34.2 Å². The lowest BCUT2D eigenvalue weighted by Gasteiger charge is -2.30. The topological polar surface area (TPSA) is 182 Å². The minimum Gasteiger partial charge on any atom is -0.496 e. The van der Waals surface area contributed by atoms with Crippen LogP contribution in [-0.4, -0.2) is 88.6 Å². The third kappa shape index (κ3) is 8.51. The van der Waals surface area contributed by atoms with Crippen molar-refractivity contribution < 1.29 is 32.3 Å². The van der Waals surface area contributed by atoms with Gasteiger partial charge >= 0.3 is 0 Å². The number of rotatable bonds is 10. The van der Waals surface area contributed by atoms with E-state index in [1.807, 2.05) is 48.7 Å². The van der Waals surface area contributed by atoms with Crippen LogP contribution in [0.3, 0.4) is 0 Å². The van der Waals surface area contributed by atoms with Crippen LogP contribution in [0.5, 0.6) is 11.6 Å². The summed E-state index contributed by atoms with van der Waals surface area (Å²) >= 11 is 1.50. The summed E-state index contributed by atoms with van der Waals surface area (Å²) in [6, 6.07) is 9.45. The number of carbonyl (C=O) groups excluding carboxylic acids is 3. The van der Waals surface area contributed by atoms with Crippen molar-refractivity contribution in [1.82, 2.24) is 29.9 Å². The van der Waals surface area contributed by atoms with Crippen LogP contribution < -0.4 is 24.8 Å². The van der Waals surface area contributed by atoms with Gasteiger partial charge in [-0.15, -0.1) is 11.3 Å². The number of sulfonamides is 1. The highest BCUT2D eigenvalue weighted by atomic mass is 32.2. The predicted octanol–water partition coefficient (Wildman–Crippen LogP) is 6.03. The van der Waals surface area contributed by atoms with E-state index in [0.717, 1.165) is 52.7 Å². The molecule has 3 aromatic heterocycles. The number of ether oxygens (including phenoxy) is 2. The fourth-order valence-electron chi connectivity index (χ4n) is 8.14. The third-order valence-electron chi connectivity index (χ3n) is 11.9. The maximum atomic E-state index is 14.8. The van der Waals surface area contributed by atoms with E-state index in [4.69, 9.17) is 19.4 Å². The molecule has 2 aliphatic carbocycles. The molecular weight excluding hydrogens is 791 g/mol. The van der Waals surface area contributed by atoms with Gasteiger partial charge in [-0.1, -0.05) is 44.9 Å². The van der Waals surface area contributed by atoms with Crippen LogP contribution in [0.1, 0.15) is 88.8 Å². The largest absolute Gasteiger partial charge is 0.496 e. The zero-order valence-corrected chi connectivity index (χ0v) is 35.4. The number of hydrogen-bond donors (Lipinski definition) is 3. The molecule has 0 spiro atoms. The second-order valence-electron chi connectivity index (χ2n) is 16.4. The quantitative estimate of drug-likeness (QED) is 0.159. The van der Waals surface area contributed by atoms with E-state index in [1.165, 1.54) is 16.2 Å². The minimum absolute atomic E-state index is 0.0627. The van der Waals surface area contributed by atoms with Gasteiger partial charge in [-0.25, -0.2) is 23.4 Å². The number of pyridine rings is 2. The fourth-order valence-corrected chi connectivity index (χ4v) is 10.4. The van der Waals surface area contributed by atoms with Crippen molar-refractivity contribution in [3.05, 3.63) is 71.4 Å². The Balaban J connectivity index is 1.15. The summed E-state index contributed by atoms with van der Waals surface area (Å²) in [5.74, 6) is -0.194. The number of benzene rings is 1. The lowest BCUT2D eigenvalue weighted by molar-refractivity contribution is -0.140. The number of allylic oxidation sites excluding steroid dienone is 1. The first-order valence-electron chi connectivity index (χ1n) is 20.5. The Kier molecular flexibility index (Phi) is 11.4. The molecular formula is C43H51N7O7S2.